The van der Waals surface area contributed by atoms with E-state index in [4.69, 9.17) is 14.6 Å². The summed E-state index contributed by atoms with van der Waals surface area (Å²) in [6.07, 6.45) is -0.527. The molecule has 0 unspecified atom stereocenters. The average Bonchev–Trinajstić information content (AvgIpc) is 2.28. The molecule has 0 heterocycles. The minimum absolute atomic E-state index is 0.392. The third-order valence-corrected chi connectivity index (χ3v) is 2.56. The van der Waals surface area contributed by atoms with Crippen LogP contribution in [0.1, 0.15) is 25.0 Å². The Morgan fingerprint density at radius 3 is 2.72 bits per heavy atom. The van der Waals surface area contributed by atoms with Gasteiger partial charge in [-0.05, 0) is 36.5 Å². The van der Waals surface area contributed by atoms with Crippen molar-refractivity contribution in [3.8, 4) is 5.75 Å². The van der Waals surface area contributed by atoms with Gasteiger partial charge in [0.15, 0.2) is 0 Å². The maximum atomic E-state index is 10.5. The molecule has 100 valence electrons. The van der Waals surface area contributed by atoms with Crippen molar-refractivity contribution in [2.24, 2.45) is 5.92 Å². The summed E-state index contributed by atoms with van der Waals surface area (Å²) in [5, 5.41) is 8.61. The molecule has 0 saturated heterocycles. The summed E-state index contributed by atoms with van der Waals surface area (Å²) >= 11 is 0. The van der Waals surface area contributed by atoms with Crippen molar-refractivity contribution < 1.29 is 19.4 Å². The molecule has 0 radical (unpaired) electrons. The third-order valence-electron chi connectivity index (χ3n) is 2.56. The van der Waals surface area contributed by atoms with Crippen LogP contribution in [0.25, 0.3) is 0 Å². The van der Waals surface area contributed by atoms with Crippen molar-refractivity contribution in [1.29, 1.82) is 0 Å². The first-order valence-corrected chi connectivity index (χ1v) is 6.07. The largest absolute Gasteiger partial charge is 0.511 e. The van der Waals surface area contributed by atoms with E-state index in [2.05, 4.69) is 13.8 Å². The molecular weight excluding hydrogens is 232 g/mol. The number of carbonyl (C=O) groups is 1. The second-order valence-corrected chi connectivity index (χ2v) is 4.63. The lowest BCUT2D eigenvalue weighted by Crippen LogP contribution is -2.08. The van der Waals surface area contributed by atoms with Gasteiger partial charge in [0, 0.05) is 6.61 Å². The van der Waals surface area contributed by atoms with Crippen LogP contribution in [0.15, 0.2) is 18.2 Å². The molecule has 0 fully saturated rings. The zero-order valence-electron chi connectivity index (χ0n) is 11.1. The predicted molar refractivity (Wildman–Crippen MR) is 69.2 cm³/mol. The number of benzene rings is 1. The van der Waals surface area contributed by atoms with Gasteiger partial charge in [-0.25, -0.2) is 4.79 Å². The maximum absolute atomic E-state index is 10.5. The van der Waals surface area contributed by atoms with Crippen LogP contribution >= 0.6 is 0 Å². The average molecular weight is 252 g/mol. The predicted octanol–water partition coefficient (Wildman–Crippen LogP) is 3.27. The summed E-state index contributed by atoms with van der Waals surface area (Å²) in [6, 6.07) is 5.41. The van der Waals surface area contributed by atoms with Crippen molar-refractivity contribution in [2.75, 3.05) is 13.2 Å². The molecule has 1 N–H and O–H groups in total. The molecular formula is C14H20O4. The SMILES string of the molecule is Cc1c(CCOCC(C)C)cccc1OC(=O)O. The van der Waals surface area contributed by atoms with Crippen molar-refractivity contribution >= 4 is 6.16 Å². The fraction of sp³-hybridized carbons (Fsp3) is 0.500. The minimum Gasteiger partial charge on any atom is -0.449 e. The number of rotatable bonds is 6. The lowest BCUT2D eigenvalue weighted by Gasteiger charge is -2.11. The van der Waals surface area contributed by atoms with Crippen LogP contribution in [-0.4, -0.2) is 24.5 Å². The minimum atomic E-state index is -1.29. The van der Waals surface area contributed by atoms with Crippen LogP contribution in [0.5, 0.6) is 5.75 Å². The number of hydrogen-bond acceptors (Lipinski definition) is 3. The van der Waals surface area contributed by atoms with E-state index < -0.39 is 6.16 Å². The van der Waals surface area contributed by atoms with Gasteiger partial charge in [0.05, 0.1) is 6.61 Å². The topological polar surface area (TPSA) is 55.8 Å². The van der Waals surface area contributed by atoms with E-state index in [0.29, 0.717) is 18.3 Å². The molecule has 18 heavy (non-hydrogen) atoms. The molecule has 1 aromatic carbocycles. The van der Waals surface area contributed by atoms with Crippen LogP contribution in [0.2, 0.25) is 0 Å². The van der Waals surface area contributed by atoms with Gasteiger partial charge in [-0.3, -0.25) is 0 Å². The fourth-order valence-corrected chi connectivity index (χ4v) is 1.64. The Bertz CT molecular complexity index is 399. The van der Waals surface area contributed by atoms with Crippen molar-refractivity contribution in [1.82, 2.24) is 0 Å². The van der Waals surface area contributed by atoms with E-state index in [1.54, 1.807) is 12.1 Å². The molecule has 0 amide bonds. The highest BCUT2D eigenvalue weighted by Crippen LogP contribution is 2.22. The summed E-state index contributed by atoms with van der Waals surface area (Å²) in [4.78, 5) is 10.5. The lowest BCUT2D eigenvalue weighted by molar-refractivity contribution is 0.112. The first-order valence-electron chi connectivity index (χ1n) is 6.07. The maximum Gasteiger partial charge on any atom is 0.511 e. The molecule has 0 spiro atoms. The van der Waals surface area contributed by atoms with Crippen LogP contribution in [0.3, 0.4) is 0 Å². The second kappa shape index (κ2) is 7.01. The van der Waals surface area contributed by atoms with Crippen LogP contribution in [0, 0.1) is 12.8 Å². The Balaban J connectivity index is 2.58. The molecule has 4 heteroatoms. The zero-order valence-corrected chi connectivity index (χ0v) is 11.1. The van der Waals surface area contributed by atoms with Gasteiger partial charge in [0.2, 0.25) is 0 Å². The summed E-state index contributed by atoms with van der Waals surface area (Å²) in [6.45, 7) is 7.44. The van der Waals surface area contributed by atoms with Crippen LogP contribution in [0.4, 0.5) is 4.79 Å². The zero-order chi connectivity index (χ0) is 13.5. The quantitative estimate of drug-likeness (QED) is 0.479. The molecule has 0 aromatic heterocycles. The number of hydrogen-bond donors (Lipinski definition) is 1. The van der Waals surface area contributed by atoms with Gasteiger partial charge in [0.1, 0.15) is 5.75 Å². The highest BCUT2D eigenvalue weighted by Gasteiger charge is 2.08. The van der Waals surface area contributed by atoms with Crippen molar-refractivity contribution in [3.63, 3.8) is 0 Å². The molecule has 1 aromatic rings. The normalized spacial score (nSPS) is 10.7. The Hall–Kier alpha value is -1.55. The summed E-state index contributed by atoms with van der Waals surface area (Å²) in [5.41, 5.74) is 1.91. The van der Waals surface area contributed by atoms with E-state index in [9.17, 15) is 4.79 Å². The molecule has 0 aliphatic heterocycles. The Kier molecular flexibility index (Phi) is 5.65. The van der Waals surface area contributed by atoms with Gasteiger partial charge in [-0.2, -0.15) is 0 Å². The van der Waals surface area contributed by atoms with E-state index in [-0.39, 0.29) is 0 Å². The molecule has 0 aliphatic carbocycles. The van der Waals surface area contributed by atoms with Crippen LogP contribution < -0.4 is 4.74 Å². The Morgan fingerprint density at radius 1 is 1.39 bits per heavy atom. The summed E-state index contributed by atoms with van der Waals surface area (Å²) in [7, 11) is 0. The molecule has 0 aliphatic rings. The van der Waals surface area contributed by atoms with Gasteiger partial charge in [-0.15, -0.1) is 0 Å². The first kappa shape index (κ1) is 14.5. The second-order valence-electron chi connectivity index (χ2n) is 4.63. The smallest absolute Gasteiger partial charge is 0.449 e. The van der Waals surface area contributed by atoms with Gasteiger partial charge in [-0.1, -0.05) is 26.0 Å². The van der Waals surface area contributed by atoms with Crippen molar-refractivity contribution in [3.05, 3.63) is 29.3 Å². The summed E-state index contributed by atoms with van der Waals surface area (Å²) in [5.74, 6) is 0.914. The van der Waals surface area contributed by atoms with Crippen LogP contribution in [-0.2, 0) is 11.2 Å². The van der Waals surface area contributed by atoms with E-state index in [1.807, 2.05) is 13.0 Å². The highest BCUT2D eigenvalue weighted by atomic mass is 16.7. The van der Waals surface area contributed by atoms with E-state index in [1.165, 1.54) is 0 Å². The highest BCUT2D eigenvalue weighted by molar-refractivity contribution is 5.62. The standard InChI is InChI=1S/C14H20O4/c1-10(2)9-17-8-7-12-5-4-6-13(11(12)3)18-14(15)16/h4-6,10H,7-9H2,1-3H3,(H,15,16). The van der Waals surface area contributed by atoms with Crippen molar-refractivity contribution in [2.45, 2.75) is 27.2 Å². The van der Waals surface area contributed by atoms with E-state index >= 15 is 0 Å². The lowest BCUT2D eigenvalue weighted by atomic mass is 10.1. The monoisotopic (exact) mass is 252 g/mol. The van der Waals surface area contributed by atoms with Gasteiger partial charge in [0.25, 0.3) is 0 Å². The molecule has 0 atom stereocenters. The van der Waals surface area contributed by atoms with Gasteiger partial charge >= 0.3 is 6.16 Å². The fourth-order valence-electron chi connectivity index (χ4n) is 1.64. The molecule has 0 saturated carbocycles. The third kappa shape index (κ3) is 4.75. The number of ether oxygens (including phenoxy) is 2. The summed E-state index contributed by atoms with van der Waals surface area (Å²) < 4.78 is 10.2. The van der Waals surface area contributed by atoms with Gasteiger partial charge < -0.3 is 14.6 Å². The molecule has 4 nitrogen and oxygen atoms in total. The Morgan fingerprint density at radius 2 is 2.11 bits per heavy atom. The molecule has 0 bridgehead atoms. The van der Waals surface area contributed by atoms with E-state index in [0.717, 1.165) is 24.2 Å². The molecule has 1 rings (SSSR count). The Labute approximate surface area is 108 Å². The first-order chi connectivity index (χ1) is 8.50. The number of carboxylic acid groups (broad SMARTS) is 1.